The summed E-state index contributed by atoms with van der Waals surface area (Å²) >= 11 is 1.43. The maximum absolute atomic E-state index is 12.5. The van der Waals surface area contributed by atoms with Crippen molar-refractivity contribution in [2.75, 3.05) is 36.4 Å². The number of amides is 2. The number of thiophene rings is 1. The van der Waals surface area contributed by atoms with Gasteiger partial charge in [-0.15, -0.1) is 11.3 Å². The average Bonchev–Trinajstić information content (AvgIpc) is 3.25. The fourth-order valence-corrected chi connectivity index (χ4v) is 4.06. The number of hydrogen-bond donors (Lipinski definition) is 1. The van der Waals surface area contributed by atoms with Crippen LogP contribution in [0.2, 0.25) is 0 Å². The average molecular weight is 386 g/mol. The van der Waals surface area contributed by atoms with Crippen molar-refractivity contribution >= 4 is 34.5 Å². The highest BCUT2D eigenvalue weighted by atomic mass is 32.1. The summed E-state index contributed by atoms with van der Waals surface area (Å²) in [5.41, 5.74) is 1.92. The predicted octanol–water partition coefficient (Wildman–Crippen LogP) is 4.09. The number of rotatable bonds is 6. The molecule has 144 valence electrons. The maximum Gasteiger partial charge on any atom is 0.265 e. The van der Waals surface area contributed by atoms with Crippen molar-refractivity contribution in [2.45, 2.75) is 26.7 Å². The van der Waals surface area contributed by atoms with Crippen LogP contribution >= 0.6 is 11.3 Å². The zero-order chi connectivity index (χ0) is 19.2. The fourth-order valence-electron chi connectivity index (χ4n) is 3.44. The first-order valence-electron chi connectivity index (χ1n) is 9.61. The van der Waals surface area contributed by atoms with Gasteiger partial charge in [0.2, 0.25) is 5.91 Å². The van der Waals surface area contributed by atoms with Gasteiger partial charge in [0, 0.05) is 43.5 Å². The summed E-state index contributed by atoms with van der Waals surface area (Å²) in [6.07, 6.45) is 1.82. The van der Waals surface area contributed by atoms with Crippen LogP contribution in [0.4, 0.5) is 11.4 Å². The van der Waals surface area contributed by atoms with E-state index in [1.54, 1.807) is 0 Å². The molecule has 3 rings (SSSR count). The summed E-state index contributed by atoms with van der Waals surface area (Å²) in [5.74, 6) is 0.375. The molecule has 2 heterocycles. The van der Waals surface area contributed by atoms with E-state index >= 15 is 0 Å². The molecule has 1 aliphatic heterocycles. The molecule has 0 unspecified atom stereocenters. The molecule has 2 aromatic rings. The Hall–Kier alpha value is -2.34. The molecule has 0 bridgehead atoms. The Balaban J connectivity index is 1.54. The Morgan fingerprint density at radius 2 is 1.70 bits per heavy atom. The number of carbonyl (C=O) groups excluding carboxylic acids is 2. The smallest absolute Gasteiger partial charge is 0.265 e. The van der Waals surface area contributed by atoms with Crippen molar-refractivity contribution in [3.63, 3.8) is 0 Å². The number of nitrogens with zero attached hydrogens (tertiary/aromatic N) is 2. The van der Waals surface area contributed by atoms with E-state index < -0.39 is 0 Å². The monoisotopic (exact) mass is 385 g/mol. The molecule has 0 spiro atoms. The lowest BCUT2D eigenvalue weighted by Gasteiger charge is -2.37. The molecule has 0 saturated carbocycles. The summed E-state index contributed by atoms with van der Waals surface area (Å²) in [6.45, 7) is 7.39. The van der Waals surface area contributed by atoms with Gasteiger partial charge in [-0.05, 0) is 48.6 Å². The van der Waals surface area contributed by atoms with Crippen LogP contribution in [0.3, 0.4) is 0 Å². The summed E-state index contributed by atoms with van der Waals surface area (Å²) < 4.78 is 0. The van der Waals surface area contributed by atoms with Gasteiger partial charge in [0.05, 0.1) is 4.88 Å². The Kier molecular flexibility index (Phi) is 6.50. The lowest BCUT2D eigenvalue weighted by Crippen LogP contribution is -2.50. The molecular formula is C21H27N3O2S. The number of carbonyl (C=O) groups is 2. The quantitative estimate of drug-likeness (QED) is 0.815. The van der Waals surface area contributed by atoms with Gasteiger partial charge in [0.1, 0.15) is 0 Å². The molecule has 1 saturated heterocycles. The molecule has 2 amide bonds. The third kappa shape index (κ3) is 4.69. The molecule has 0 atom stereocenters. The molecular weight excluding hydrogens is 358 g/mol. The normalized spacial score (nSPS) is 14.5. The summed E-state index contributed by atoms with van der Waals surface area (Å²) in [5, 5.41) is 4.82. The van der Waals surface area contributed by atoms with E-state index in [-0.39, 0.29) is 11.8 Å². The van der Waals surface area contributed by atoms with Gasteiger partial charge < -0.3 is 15.1 Å². The Bertz CT molecular complexity index is 746. The van der Waals surface area contributed by atoms with Crippen LogP contribution < -0.4 is 10.2 Å². The standard InChI is InChI=1S/C21H27N3O2S/c1-3-16(4-2)21(26)24-13-11-23(12-14-24)18-9-7-17(8-10-18)22-20(25)19-6-5-15-27-19/h5-10,15-16H,3-4,11-14H2,1-2H3,(H,22,25). The minimum Gasteiger partial charge on any atom is -0.368 e. The van der Waals surface area contributed by atoms with Gasteiger partial charge >= 0.3 is 0 Å². The lowest BCUT2D eigenvalue weighted by atomic mass is 10.0. The molecule has 1 fully saturated rings. The molecule has 6 heteroatoms. The number of nitrogens with one attached hydrogen (secondary N) is 1. The highest BCUT2D eigenvalue weighted by Crippen LogP contribution is 2.22. The molecule has 27 heavy (non-hydrogen) atoms. The fraction of sp³-hybridized carbons (Fsp3) is 0.429. The van der Waals surface area contributed by atoms with E-state index in [2.05, 4.69) is 24.1 Å². The largest absolute Gasteiger partial charge is 0.368 e. The van der Waals surface area contributed by atoms with E-state index in [4.69, 9.17) is 0 Å². The van der Waals surface area contributed by atoms with Gasteiger partial charge in [-0.25, -0.2) is 0 Å². The minimum atomic E-state index is -0.0775. The predicted molar refractivity (Wildman–Crippen MR) is 112 cm³/mol. The lowest BCUT2D eigenvalue weighted by molar-refractivity contribution is -0.136. The van der Waals surface area contributed by atoms with Gasteiger partial charge in [-0.1, -0.05) is 19.9 Å². The van der Waals surface area contributed by atoms with E-state index in [1.165, 1.54) is 11.3 Å². The van der Waals surface area contributed by atoms with Crippen LogP contribution in [-0.2, 0) is 4.79 Å². The first-order valence-corrected chi connectivity index (χ1v) is 10.5. The first-order chi connectivity index (χ1) is 13.1. The van der Waals surface area contributed by atoms with Crippen molar-refractivity contribution in [3.8, 4) is 0 Å². The van der Waals surface area contributed by atoms with Gasteiger partial charge in [-0.2, -0.15) is 0 Å². The SMILES string of the molecule is CCC(CC)C(=O)N1CCN(c2ccc(NC(=O)c3cccs3)cc2)CC1. The van der Waals surface area contributed by atoms with Crippen molar-refractivity contribution in [2.24, 2.45) is 5.92 Å². The Morgan fingerprint density at radius 1 is 1.04 bits per heavy atom. The molecule has 1 aliphatic rings. The molecule has 0 aliphatic carbocycles. The first kappa shape index (κ1) is 19.4. The van der Waals surface area contributed by atoms with E-state index in [0.717, 1.165) is 50.4 Å². The second-order valence-corrected chi connectivity index (χ2v) is 7.75. The van der Waals surface area contributed by atoms with Crippen molar-refractivity contribution in [1.82, 2.24) is 4.90 Å². The number of piperazine rings is 1. The number of anilines is 2. The molecule has 5 nitrogen and oxygen atoms in total. The van der Waals surface area contributed by atoms with Gasteiger partial charge in [0.15, 0.2) is 0 Å². The van der Waals surface area contributed by atoms with E-state index in [1.807, 2.05) is 46.7 Å². The zero-order valence-corrected chi connectivity index (χ0v) is 16.8. The van der Waals surface area contributed by atoms with Gasteiger partial charge in [-0.3, -0.25) is 9.59 Å². The molecule has 1 aromatic heterocycles. The summed E-state index contributed by atoms with van der Waals surface area (Å²) in [4.78, 5) is 29.6. The maximum atomic E-state index is 12.5. The van der Waals surface area contributed by atoms with Crippen LogP contribution in [0.5, 0.6) is 0 Å². The molecule has 1 N–H and O–H groups in total. The van der Waals surface area contributed by atoms with Crippen LogP contribution in [-0.4, -0.2) is 42.9 Å². The highest BCUT2D eigenvalue weighted by molar-refractivity contribution is 7.12. The van der Waals surface area contributed by atoms with Crippen LogP contribution in [0.15, 0.2) is 41.8 Å². The highest BCUT2D eigenvalue weighted by Gasteiger charge is 2.25. The third-order valence-corrected chi connectivity index (χ3v) is 6.03. The molecule has 0 radical (unpaired) electrons. The topological polar surface area (TPSA) is 52.7 Å². The van der Waals surface area contributed by atoms with E-state index in [9.17, 15) is 9.59 Å². The van der Waals surface area contributed by atoms with Crippen LogP contribution in [0.25, 0.3) is 0 Å². The third-order valence-electron chi connectivity index (χ3n) is 5.16. The Labute approximate surface area is 165 Å². The summed E-state index contributed by atoms with van der Waals surface area (Å²) in [6, 6.07) is 11.6. The molecule has 1 aromatic carbocycles. The second kappa shape index (κ2) is 9.04. The van der Waals surface area contributed by atoms with Crippen LogP contribution in [0, 0.1) is 5.92 Å². The summed E-state index contributed by atoms with van der Waals surface area (Å²) in [7, 11) is 0. The zero-order valence-electron chi connectivity index (χ0n) is 16.0. The minimum absolute atomic E-state index is 0.0775. The number of hydrogen-bond acceptors (Lipinski definition) is 4. The second-order valence-electron chi connectivity index (χ2n) is 6.80. The van der Waals surface area contributed by atoms with Crippen LogP contribution in [0.1, 0.15) is 36.4 Å². The van der Waals surface area contributed by atoms with Gasteiger partial charge in [0.25, 0.3) is 5.91 Å². The van der Waals surface area contributed by atoms with Crippen molar-refractivity contribution in [1.29, 1.82) is 0 Å². The van der Waals surface area contributed by atoms with Crippen molar-refractivity contribution < 1.29 is 9.59 Å². The van der Waals surface area contributed by atoms with Crippen molar-refractivity contribution in [3.05, 3.63) is 46.7 Å². The Morgan fingerprint density at radius 3 is 2.26 bits per heavy atom. The number of benzene rings is 1. The van der Waals surface area contributed by atoms with E-state index in [0.29, 0.717) is 10.8 Å².